The summed E-state index contributed by atoms with van der Waals surface area (Å²) in [5.74, 6) is 0.932. The molecule has 0 spiro atoms. The summed E-state index contributed by atoms with van der Waals surface area (Å²) in [6, 6.07) is 10.6. The molecule has 0 heterocycles. The Labute approximate surface area is 168 Å². The highest BCUT2D eigenvalue weighted by Gasteiger charge is 2.13. The van der Waals surface area contributed by atoms with Gasteiger partial charge in [-0.2, -0.15) is 5.26 Å². The van der Waals surface area contributed by atoms with E-state index in [0.29, 0.717) is 56.5 Å². The lowest BCUT2D eigenvalue weighted by Gasteiger charge is -2.13. The van der Waals surface area contributed by atoms with Crippen LogP contribution in [0.15, 0.2) is 43.0 Å². The molecule has 0 amide bonds. The Bertz CT molecular complexity index is 885. The van der Waals surface area contributed by atoms with Gasteiger partial charge in [-0.25, -0.2) is 0 Å². The standard InChI is InChI=1S/C20H16Cl3NO2/c1-3-7-26-20-18(23)9-13(10-19(20)25-4-2)8-14(12-24)16-6-5-15(21)11-17(16)22/h3,5-6,8-11H,1,4,7H2,2H3/b14-8+. The molecule has 2 aromatic rings. The van der Waals surface area contributed by atoms with Crippen LogP contribution in [0.1, 0.15) is 18.1 Å². The molecular formula is C20H16Cl3NO2. The van der Waals surface area contributed by atoms with E-state index in [-0.39, 0.29) is 0 Å². The second-order valence-electron chi connectivity index (χ2n) is 5.16. The van der Waals surface area contributed by atoms with Crippen LogP contribution in [0.2, 0.25) is 15.1 Å². The summed E-state index contributed by atoms with van der Waals surface area (Å²) in [5, 5.41) is 10.8. The van der Waals surface area contributed by atoms with Crippen LogP contribution in [0.3, 0.4) is 0 Å². The van der Waals surface area contributed by atoms with E-state index in [0.717, 1.165) is 0 Å². The maximum absolute atomic E-state index is 9.54. The summed E-state index contributed by atoms with van der Waals surface area (Å²) in [6.07, 6.45) is 3.30. The lowest BCUT2D eigenvalue weighted by atomic mass is 10.0. The lowest BCUT2D eigenvalue weighted by Crippen LogP contribution is -2.00. The maximum atomic E-state index is 9.54. The van der Waals surface area contributed by atoms with Gasteiger partial charge >= 0.3 is 0 Å². The zero-order valence-electron chi connectivity index (χ0n) is 14.1. The van der Waals surface area contributed by atoms with Crippen molar-refractivity contribution in [1.82, 2.24) is 0 Å². The summed E-state index contributed by atoms with van der Waals surface area (Å²) in [4.78, 5) is 0. The fourth-order valence-electron chi connectivity index (χ4n) is 2.26. The predicted molar refractivity (Wildman–Crippen MR) is 108 cm³/mol. The molecule has 2 aromatic carbocycles. The topological polar surface area (TPSA) is 42.2 Å². The Morgan fingerprint density at radius 2 is 1.92 bits per heavy atom. The third-order valence-corrected chi connectivity index (χ3v) is 4.16. The SMILES string of the molecule is C=CCOc1c(Cl)cc(/C=C(\C#N)c2ccc(Cl)cc2Cl)cc1OCC. The number of hydrogen-bond donors (Lipinski definition) is 0. The first-order chi connectivity index (χ1) is 12.5. The average Bonchev–Trinajstić information content (AvgIpc) is 2.60. The number of allylic oxidation sites excluding steroid dienone is 1. The number of ether oxygens (including phenoxy) is 2. The van der Waals surface area contributed by atoms with Crippen LogP contribution in [0.4, 0.5) is 0 Å². The van der Waals surface area contributed by atoms with Gasteiger partial charge in [-0.15, -0.1) is 0 Å². The maximum Gasteiger partial charge on any atom is 0.180 e. The summed E-state index contributed by atoms with van der Waals surface area (Å²) in [7, 11) is 0. The molecule has 0 fully saturated rings. The first-order valence-electron chi connectivity index (χ1n) is 7.77. The van der Waals surface area contributed by atoms with Gasteiger partial charge in [-0.1, -0.05) is 53.5 Å². The molecule has 0 N–H and O–H groups in total. The molecule has 6 heteroatoms. The molecule has 3 nitrogen and oxygen atoms in total. The van der Waals surface area contributed by atoms with Crippen molar-refractivity contribution in [2.24, 2.45) is 0 Å². The Balaban J connectivity index is 2.50. The molecule has 0 atom stereocenters. The smallest absolute Gasteiger partial charge is 0.180 e. The van der Waals surface area contributed by atoms with E-state index in [9.17, 15) is 5.26 Å². The summed E-state index contributed by atoms with van der Waals surface area (Å²) in [5.41, 5.74) is 1.65. The van der Waals surface area contributed by atoms with Crippen LogP contribution in [-0.2, 0) is 0 Å². The number of hydrogen-bond acceptors (Lipinski definition) is 3. The van der Waals surface area contributed by atoms with Crippen molar-refractivity contribution in [1.29, 1.82) is 5.26 Å². The fourth-order valence-corrected chi connectivity index (χ4v) is 3.05. The number of nitrogens with zero attached hydrogens (tertiary/aromatic N) is 1. The number of rotatable bonds is 7. The van der Waals surface area contributed by atoms with Crippen LogP contribution in [-0.4, -0.2) is 13.2 Å². The molecule has 0 bridgehead atoms. The van der Waals surface area contributed by atoms with Crippen molar-refractivity contribution in [2.45, 2.75) is 6.92 Å². The molecule has 2 rings (SSSR count). The Kier molecular flexibility index (Phi) is 7.41. The number of halogens is 3. The van der Waals surface area contributed by atoms with Crippen LogP contribution in [0, 0.1) is 11.3 Å². The highest BCUT2D eigenvalue weighted by molar-refractivity contribution is 6.36. The third-order valence-electron chi connectivity index (χ3n) is 3.33. The van der Waals surface area contributed by atoms with Crippen molar-refractivity contribution >= 4 is 46.5 Å². The minimum Gasteiger partial charge on any atom is -0.490 e. The third kappa shape index (κ3) is 4.95. The molecule has 26 heavy (non-hydrogen) atoms. The molecule has 0 aliphatic carbocycles. The Morgan fingerprint density at radius 3 is 2.54 bits per heavy atom. The van der Waals surface area contributed by atoms with Crippen molar-refractivity contribution in [2.75, 3.05) is 13.2 Å². The minimum absolute atomic E-state index is 0.304. The first-order valence-corrected chi connectivity index (χ1v) is 8.90. The van der Waals surface area contributed by atoms with Gasteiger partial charge in [0.1, 0.15) is 6.61 Å². The highest BCUT2D eigenvalue weighted by Crippen LogP contribution is 2.38. The fraction of sp³-hybridized carbons (Fsp3) is 0.150. The average molecular weight is 409 g/mol. The Hall–Kier alpha value is -2.12. The molecule has 0 aliphatic heterocycles. The lowest BCUT2D eigenvalue weighted by molar-refractivity contribution is 0.297. The molecule has 0 aliphatic rings. The molecule has 134 valence electrons. The highest BCUT2D eigenvalue weighted by atomic mass is 35.5. The second kappa shape index (κ2) is 9.54. The molecule has 0 saturated heterocycles. The largest absolute Gasteiger partial charge is 0.490 e. The second-order valence-corrected chi connectivity index (χ2v) is 6.41. The van der Waals surface area contributed by atoms with Crippen molar-refractivity contribution in [3.8, 4) is 17.6 Å². The van der Waals surface area contributed by atoms with Crippen LogP contribution >= 0.6 is 34.8 Å². The van der Waals surface area contributed by atoms with Gasteiger partial charge < -0.3 is 9.47 Å². The van der Waals surface area contributed by atoms with Gasteiger partial charge in [0.15, 0.2) is 11.5 Å². The van der Waals surface area contributed by atoms with Gasteiger partial charge in [0.2, 0.25) is 0 Å². The van der Waals surface area contributed by atoms with Gasteiger partial charge in [0, 0.05) is 10.6 Å². The molecule has 0 saturated carbocycles. The predicted octanol–water partition coefficient (Wildman–Crippen LogP) is 6.67. The molecule has 0 aromatic heterocycles. The van der Waals surface area contributed by atoms with Gasteiger partial charge in [0.25, 0.3) is 0 Å². The quantitative estimate of drug-likeness (QED) is 0.292. The zero-order valence-corrected chi connectivity index (χ0v) is 16.3. The van der Waals surface area contributed by atoms with E-state index in [1.165, 1.54) is 0 Å². The summed E-state index contributed by atoms with van der Waals surface area (Å²) < 4.78 is 11.2. The van der Waals surface area contributed by atoms with Gasteiger partial charge in [-0.05, 0) is 42.8 Å². The van der Waals surface area contributed by atoms with Gasteiger partial charge in [-0.3, -0.25) is 0 Å². The summed E-state index contributed by atoms with van der Waals surface area (Å²) >= 11 is 18.5. The minimum atomic E-state index is 0.304. The molecule has 0 unspecified atom stereocenters. The van der Waals surface area contributed by atoms with Gasteiger partial charge in [0.05, 0.1) is 28.3 Å². The van der Waals surface area contributed by atoms with Crippen LogP contribution in [0.5, 0.6) is 11.5 Å². The van der Waals surface area contributed by atoms with Crippen molar-refractivity contribution in [3.63, 3.8) is 0 Å². The molecule has 0 radical (unpaired) electrons. The van der Waals surface area contributed by atoms with E-state index >= 15 is 0 Å². The van der Waals surface area contributed by atoms with Crippen LogP contribution in [0.25, 0.3) is 11.6 Å². The van der Waals surface area contributed by atoms with E-state index in [1.807, 2.05) is 6.92 Å². The monoisotopic (exact) mass is 407 g/mol. The van der Waals surface area contributed by atoms with E-state index in [2.05, 4.69) is 12.6 Å². The normalized spacial score (nSPS) is 11.0. The summed E-state index contributed by atoms with van der Waals surface area (Å²) in [6.45, 7) is 6.23. The number of nitriles is 1. The van der Waals surface area contributed by atoms with Crippen LogP contribution < -0.4 is 9.47 Å². The van der Waals surface area contributed by atoms with Crippen molar-refractivity contribution < 1.29 is 9.47 Å². The van der Waals surface area contributed by atoms with Crippen molar-refractivity contribution in [3.05, 3.63) is 69.2 Å². The molecular weight excluding hydrogens is 393 g/mol. The van der Waals surface area contributed by atoms with E-state index < -0.39 is 0 Å². The zero-order chi connectivity index (χ0) is 19.1. The van der Waals surface area contributed by atoms with E-state index in [4.69, 9.17) is 44.3 Å². The number of benzene rings is 2. The van der Waals surface area contributed by atoms with E-state index in [1.54, 1.807) is 42.5 Å². The first kappa shape index (κ1) is 20.2. The Morgan fingerprint density at radius 1 is 1.15 bits per heavy atom.